The van der Waals surface area contributed by atoms with Crippen LogP contribution in [0.4, 0.5) is 5.69 Å². The Morgan fingerprint density at radius 2 is 1.10 bits per heavy atom. The Kier molecular flexibility index (Phi) is 14.8. The molecule has 284 valence electrons. The fourth-order valence-corrected chi connectivity index (χ4v) is 6.30. The highest BCUT2D eigenvalue weighted by atomic mass is 16.6. The zero-order valence-electron chi connectivity index (χ0n) is 31.7. The van der Waals surface area contributed by atoms with Crippen LogP contribution in [0.5, 0.6) is 0 Å². The number of amides is 3. The van der Waals surface area contributed by atoms with Crippen LogP contribution in [0.2, 0.25) is 0 Å². The van der Waals surface area contributed by atoms with Crippen molar-refractivity contribution < 1.29 is 47.7 Å². The predicted octanol–water partition coefficient (Wildman–Crippen LogP) is 2.45. The number of likely N-dealkylation sites (N-methyl/N-ethyl adjacent to an activating group) is 3. The van der Waals surface area contributed by atoms with Gasteiger partial charge in [-0.3, -0.25) is 14.4 Å². The van der Waals surface area contributed by atoms with Gasteiger partial charge in [0.15, 0.2) is 18.3 Å². The van der Waals surface area contributed by atoms with Crippen molar-refractivity contribution in [3.8, 4) is 0 Å². The Morgan fingerprint density at radius 1 is 0.647 bits per heavy atom. The van der Waals surface area contributed by atoms with E-state index in [0.29, 0.717) is 31.6 Å². The molecule has 1 aromatic carbocycles. The first-order chi connectivity index (χ1) is 24.0. The number of benzene rings is 1. The van der Waals surface area contributed by atoms with Gasteiger partial charge in [-0.1, -0.05) is 52.7 Å². The van der Waals surface area contributed by atoms with E-state index in [1.165, 1.54) is 51.7 Å². The van der Waals surface area contributed by atoms with E-state index < -0.39 is 83.9 Å². The molecule has 0 radical (unpaired) electrons. The van der Waals surface area contributed by atoms with Crippen LogP contribution < -0.4 is 4.90 Å². The smallest absolute Gasteiger partial charge is 0.329 e. The normalized spacial score (nSPS) is 28.0. The number of morpholine rings is 1. The number of ether oxygens (including phenoxy) is 4. The number of rotatable bonds is 7. The van der Waals surface area contributed by atoms with Gasteiger partial charge in [0.2, 0.25) is 0 Å². The van der Waals surface area contributed by atoms with Gasteiger partial charge in [-0.25, -0.2) is 14.4 Å². The fourth-order valence-electron chi connectivity index (χ4n) is 6.30. The molecule has 3 amide bonds. The molecule has 8 atom stereocenters. The summed E-state index contributed by atoms with van der Waals surface area (Å²) in [7, 11) is 4.23. The molecule has 0 saturated carbocycles. The molecule has 0 spiro atoms. The van der Waals surface area contributed by atoms with Crippen LogP contribution in [0.25, 0.3) is 0 Å². The van der Waals surface area contributed by atoms with Crippen molar-refractivity contribution in [1.29, 1.82) is 0 Å². The average Bonchev–Trinajstić information content (AvgIpc) is 3.12. The van der Waals surface area contributed by atoms with Crippen molar-refractivity contribution in [2.45, 2.75) is 104 Å². The predicted molar refractivity (Wildman–Crippen MR) is 188 cm³/mol. The number of hydrogen-bond acceptors (Lipinski definition) is 11. The molecule has 0 N–H and O–H groups in total. The fraction of sp³-hybridized carbons (Fsp3) is 0.676. The highest BCUT2D eigenvalue weighted by molar-refractivity contribution is 5.93. The molecule has 14 heteroatoms. The summed E-state index contributed by atoms with van der Waals surface area (Å²) in [5, 5.41) is 0. The monoisotopic (exact) mass is 716 g/mol. The molecule has 0 aromatic heterocycles. The number of hydrogen-bond donors (Lipinski definition) is 0. The maximum absolute atomic E-state index is 14.4. The molecule has 14 nitrogen and oxygen atoms in total. The third-order valence-corrected chi connectivity index (χ3v) is 10.2. The number of anilines is 1. The van der Waals surface area contributed by atoms with Gasteiger partial charge < -0.3 is 38.5 Å². The molecule has 2 heterocycles. The lowest BCUT2D eigenvalue weighted by atomic mass is 9.96. The molecule has 3 rings (SSSR count). The van der Waals surface area contributed by atoms with Crippen LogP contribution in [0.3, 0.4) is 0 Å². The summed E-state index contributed by atoms with van der Waals surface area (Å²) in [6.45, 7) is 14.2. The molecule has 2 aliphatic heterocycles. The summed E-state index contributed by atoms with van der Waals surface area (Å²) >= 11 is 0. The lowest BCUT2D eigenvalue weighted by Gasteiger charge is -2.36. The molecule has 2 saturated heterocycles. The van der Waals surface area contributed by atoms with Crippen LogP contribution in [0.15, 0.2) is 24.3 Å². The molecule has 2 fully saturated rings. The number of nitrogens with zero attached hydrogens (tertiary/aromatic N) is 4. The van der Waals surface area contributed by atoms with Gasteiger partial charge in [-0.15, -0.1) is 0 Å². The number of carbonyl (C=O) groups is 6. The van der Waals surface area contributed by atoms with Crippen molar-refractivity contribution in [3.63, 3.8) is 0 Å². The Bertz CT molecular complexity index is 1390. The van der Waals surface area contributed by atoms with Crippen molar-refractivity contribution >= 4 is 41.3 Å². The third-order valence-electron chi connectivity index (χ3n) is 10.2. The Morgan fingerprint density at radius 3 is 1.61 bits per heavy atom. The topological polar surface area (TPSA) is 152 Å². The average molecular weight is 717 g/mol. The van der Waals surface area contributed by atoms with Crippen LogP contribution in [0.1, 0.15) is 66.9 Å². The Labute approximate surface area is 301 Å². The molecule has 0 unspecified atom stereocenters. The maximum atomic E-state index is 14.4. The number of cyclic esters (lactones) is 3. The van der Waals surface area contributed by atoms with E-state index in [1.54, 1.807) is 13.8 Å². The minimum atomic E-state index is -1.38. The Hall–Kier alpha value is -4.20. The van der Waals surface area contributed by atoms with E-state index in [-0.39, 0.29) is 6.42 Å². The Balaban J connectivity index is 2.09. The second-order valence-electron chi connectivity index (χ2n) is 13.7. The summed E-state index contributed by atoms with van der Waals surface area (Å²) in [5.74, 6) is -5.29. The second-order valence-corrected chi connectivity index (χ2v) is 13.7. The number of esters is 3. The maximum Gasteiger partial charge on any atom is 0.329 e. The number of carbonyl (C=O) groups excluding carboxylic acids is 6. The summed E-state index contributed by atoms with van der Waals surface area (Å²) in [4.78, 5) is 87.9. The van der Waals surface area contributed by atoms with Gasteiger partial charge in [0.05, 0.1) is 13.2 Å². The quantitative estimate of drug-likeness (QED) is 0.302. The minimum Gasteiger partial charge on any atom is -0.451 e. The first-order valence-corrected chi connectivity index (χ1v) is 17.9. The van der Waals surface area contributed by atoms with Crippen LogP contribution in [-0.2, 0) is 54.1 Å². The lowest BCUT2D eigenvalue weighted by molar-refractivity contribution is -0.177. The third kappa shape index (κ3) is 9.99. The summed E-state index contributed by atoms with van der Waals surface area (Å²) in [5.41, 5.74) is 1.69. The highest BCUT2D eigenvalue weighted by Gasteiger charge is 2.42. The van der Waals surface area contributed by atoms with Gasteiger partial charge in [-0.05, 0) is 50.3 Å². The van der Waals surface area contributed by atoms with Gasteiger partial charge in [0.25, 0.3) is 17.7 Å². The van der Waals surface area contributed by atoms with Crippen LogP contribution in [0, 0.1) is 11.8 Å². The van der Waals surface area contributed by atoms with Gasteiger partial charge in [0, 0.05) is 46.3 Å². The van der Waals surface area contributed by atoms with Gasteiger partial charge >= 0.3 is 17.9 Å². The molecule has 1 aromatic rings. The molecule has 2 aliphatic rings. The first kappa shape index (κ1) is 41.2. The first-order valence-electron chi connectivity index (χ1n) is 17.9. The summed E-state index contributed by atoms with van der Waals surface area (Å²) in [6, 6.07) is 4.19. The van der Waals surface area contributed by atoms with Crippen LogP contribution in [-0.4, -0.2) is 134 Å². The standard InChI is InChI=1S/C37H56N4O10/c1-11-22(3)30-36(46)50-25(6)32(42)38(8)24(5)35(45)49-26(7)33(43)39(9)31(23(4)12-2)37(47)51-29(34(44)40(30)10)21-27-13-15-28(16-14-27)41-17-19-48-20-18-41/h13-16,22-26,29-31H,11-12,17-21H2,1-10H3/t22-,23-,24+,25-,26-,29-,30+,31+/m1/s1. The summed E-state index contributed by atoms with van der Waals surface area (Å²) in [6.07, 6.45) is -3.06. The van der Waals surface area contributed by atoms with Gasteiger partial charge in [-0.2, -0.15) is 0 Å². The zero-order chi connectivity index (χ0) is 38.2. The van der Waals surface area contributed by atoms with Crippen molar-refractivity contribution in [1.82, 2.24) is 14.7 Å². The van der Waals surface area contributed by atoms with Crippen LogP contribution >= 0.6 is 0 Å². The van der Waals surface area contributed by atoms with E-state index in [1.807, 2.05) is 38.1 Å². The largest absolute Gasteiger partial charge is 0.451 e. The molecule has 0 aliphatic carbocycles. The SMILES string of the molecule is CC[C@@H](C)[C@H]1C(=O)O[C@H](Cc2ccc(N3CCOCC3)cc2)C(=O)N(C)[C@@H]([C@H](C)CC)C(=O)O[C@H](C)C(=O)N(C)[C@@H](C)C(=O)O[C@H](C)C(=O)N1C. The van der Waals surface area contributed by atoms with Crippen molar-refractivity contribution in [2.75, 3.05) is 52.3 Å². The zero-order valence-corrected chi connectivity index (χ0v) is 31.7. The molecular formula is C37H56N4O10. The van der Waals surface area contributed by atoms with Crippen molar-refractivity contribution in [2.24, 2.45) is 11.8 Å². The molecule has 0 bridgehead atoms. The van der Waals surface area contributed by atoms with Gasteiger partial charge in [0.1, 0.15) is 18.1 Å². The summed E-state index contributed by atoms with van der Waals surface area (Å²) < 4.78 is 22.6. The highest BCUT2D eigenvalue weighted by Crippen LogP contribution is 2.24. The van der Waals surface area contributed by atoms with E-state index >= 15 is 0 Å². The lowest BCUT2D eigenvalue weighted by Crippen LogP contribution is -2.56. The molecular weight excluding hydrogens is 660 g/mol. The molecule has 51 heavy (non-hydrogen) atoms. The van der Waals surface area contributed by atoms with Crippen molar-refractivity contribution in [3.05, 3.63) is 29.8 Å². The second kappa shape index (κ2) is 18.3. The van der Waals surface area contributed by atoms with E-state index in [2.05, 4.69) is 4.90 Å². The minimum absolute atomic E-state index is 0.0168. The van der Waals surface area contributed by atoms with E-state index in [9.17, 15) is 28.8 Å². The van der Waals surface area contributed by atoms with E-state index in [0.717, 1.165) is 23.7 Å². The van der Waals surface area contributed by atoms with E-state index in [4.69, 9.17) is 18.9 Å².